The molecular weight excluding hydrogens is 374 g/mol. The van der Waals surface area contributed by atoms with Crippen molar-refractivity contribution in [3.05, 3.63) is 83.4 Å². The van der Waals surface area contributed by atoms with Crippen molar-refractivity contribution in [2.75, 3.05) is 5.32 Å². The maximum absolute atomic E-state index is 14.0. The molecule has 8 heteroatoms. The van der Waals surface area contributed by atoms with Crippen LogP contribution in [0.2, 0.25) is 0 Å². The summed E-state index contributed by atoms with van der Waals surface area (Å²) >= 11 is 0. The number of nitrogens with zero attached hydrogens (tertiary/aromatic N) is 1. The zero-order valence-corrected chi connectivity index (χ0v) is 14.1. The number of fused-ring (bicyclic) bond motifs is 1. The molecule has 0 aliphatic rings. The first-order valence-electron chi connectivity index (χ1n) is 8.13. The Balaban J connectivity index is 1.69. The van der Waals surface area contributed by atoms with Crippen molar-refractivity contribution in [3.8, 4) is 11.1 Å². The second-order valence-corrected chi connectivity index (χ2v) is 6.01. The van der Waals surface area contributed by atoms with Gasteiger partial charge in [-0.25, -0.2) is 17.6 Å². The topological polar surface area (TPSA) is 57.8 Å². The van der Waals surface area contributed by atoms with E-state index in [-0.39, 0.29) is 11.4 Å². The molecule has 140 valence electrons. The SMILES string of the molecule is O=C(Nc1n[nH]c2cc(-c3cc(F)ccc3F)ccc12)c1c(F)cccc1F. The van der Waals surface area contributed by atoms with Crippen LogP contribution in [-0.4, -0.2) is 16.1 Å². The summed E-state index contributed by atoms with van der Waals surface area (Å²) in [7, 11) is 0. The lowest BCUT2D eigenvalue weighted by Gasteiger charge is -2.06. The van der Waals surface area contributed by atoms with Gasteiger partial charge in [0.25, 0.3) is 5.91 Å². The molecule has 28 heavy (non-hydrogen) atoms. The molecule has 0 spiro atoms. The van der Waals surface area contributed by atoms with Crippen LogP contribution in [0.1, 0.15) is 10.4 Å². The van der Waals surface area contributed by atoms with E-state index in [1.165, 1.54) is 18.2 Å². The Kier molecular flexibility index (Phi) is 4.31. The maximum atomic E-state index is 14.0. The quantitative estimate of drug-likeness (QED) is 0.486. The first kappa shape index (κ1) is 17.7. The van der Waals surface area contributed by atoms with Crippen molar-refractivity contribution >= 4 is 22.6 Å². The number of carbonyl (C=O) groups is 1. The third-order valence-corrected chi connectivity index (χ3v) is 4.22. The van der Waals surface area contributed by atoms with Gasteiger partial charge >= 0.3 is 0 Å². The lowest BCUT2D eigenvalue weighted by atomic mass is 10.0. The summed E-state index contributed by atoms with van der Waals surface area (Å²) in [6.45, 7) is 0. The van der Waals surface area contributed by atoms with Crippen molar-refractivity contribution in [3.63, 3.8) is 0 Å². The van der Waals surface area contributed by atoms with Gasteiger partial charge in [-0.05, 0) is 48.0 Å². The third-order valence-electron chi connectivity index (χ3n) is 4.22. The summed E-state index contributed by atoms with van der Waals surface area (Å²) in [5.41, 5.74) is 0.157. The van der Waals surface area contributed by atoms with E-state index in [2.05, 4.69) is 15.5 Å². The average molecular weight is 385 g/mol. The molecule has 0 fully saturated rings. The molecule has 4 rings (SSSR count). The summed E-state index contributed by atoms with van der Waals surface area (Å²) in [5.74, 6) is -4.12. The molecule has 0 unspecified atom stereocenters. The highest BCUT2D eigenvalue weighted by Crippen LogP contribution is 2.29. The van der Waals surface area contributed by atoms with E-state index in [4.69, 9.17) is 0 Å². The standard InChI is InChI=1S/C20H11F4N3O/c21-11-5-7-14(22)13(9-11)10-4-6-12-17(8-10)26-27-19(12)25-20(28)18-15(23)2-1-3-16(18)24/h1-9H,(H2,25,26,27,28). The number of aromatic amines is 1. The van der Waals surface area contributed by atoms with Gasteiger partial charge in [-0.15, -0.1) is 0 Å². The van der Waals surface area contributed by atoms with Gasteiger partial charge in [0.1, 0.15) is 28.8 Å². The number of H-pyrrole nitrogens is 1. The van der Waals surface area contributed by atoms with E-state index >= 15 is 0 Å². The molecule has 1 amide bonds. The molecule has 0 saturated carbocycles. The van der Waals surface area contributed by atoms with E-state index in [9.17, 15) is 22.4 Å². The molecule has 0 aliphatic carbocycles. The Labute approximate surface area is 155 Å². The van der Waals surface area contributed by atoms with Gasteiger partial charge in [-0.2, -0.15) is 5.10 Å². The van der Waals surface area contributed by atoms with Crippen molar-refractivity contribution in [2.24, 2.45) is 0 Å². The summed E-state index contributed by atoms with van der Waals surface area (Å²) < 4.78 is 54.9. The van der Waals surface area contributed by atoms with Crippen LogP contribution in [0, 0.1) is 23.3 Å². The van der Waals surface area contributed by atoms with Crippen molar-refractivity contribution in [1.29, 1.82) is 0 Å². The van der Waals surface area contributed by atoms with Gasteiger partial charge < -0.3 is 5.32 Å². The van der Waals surface area contributed by atoms with Crippen molar-refractivity contribution in [2.45, 2.75) is 0 Å². The predicted octanol–water partition coefficient (Wildman–Crippen LogP) is 5.04. The normalized spacial score (nSPS) is 11.0. The number of halogens is 4. The minimum absolute atomic E-state index is 0.0499. The van der Waals surface area contributed by atoms with Crippen LogP contribution in [0.3, 0.4) is 0 Å². The molecule has 4 aromatic rings. The first-order valence-corrected chi connectivity index (χ1v) is 8.13. The molecular formula is C20H11F4N3O. The van der Waals surface area contributed by atoms with Gasteiger partial charge in [0.15, 0.2) is 5.82 Å². The van der Waals surface area contributed by atoms with E-state index in [0.29, 0.717) is 16.5 Å². The summed E-state index contributed by atoms with van der Waals surface area (Å²) in [6.07, 6.45) is 0. The van der Waals surface area contributed by atoms with Crippen LogP contribution in [0.15, 0.2) is 54.6 Å². The molecule has 0 aliphatic heterocycles. The molecule has 0 saturated heterocycles. The first-order chi connectivity index (χ1) is 13.4. The zero-order valence-electron chi connectivity index (χ0n) is 14.1. The molecule has 2 N–H and O–H groups in total. The largest absolute Gasteiger partial charge is 0.304 e. The number of amides is 1. The highest BCUT2D eigenvalue weighted by molar-refractivity contribution is 6.08. The van der Waals surface area contributed by atoms with E-state index in [1.54, 1.807) is 0 Å². The summed E-state index contributed by atoms with van der Waals surface area (Å²) in [4.78, 5) is 12.2. The fourth-order valence-corrected chi connectivity index (χ4v) is 2.89. The monoisotopic (exact) mass is 385 g/mol. The van der Waals surface area contributed by atoms with Gasteiger partial charge in [-0.1, -0.05) is 12.1 Å². The van der Waals surface area contributed by atoms with Crippen molar-refractivity contribution in [1.82, 2.24) is 10.2 Å². The van der Waals surface area contributed by atoms with Crippen LogP contribution < -0.4 is 5.32 Å². The Morgan fingerprint density at radius 2 is 1.64 bits per heavy atom. The zero-order chi connectivity index (χ0) is 19.8. The third kappa shape index (κ3) is 3.09. The number of carbonyl (C=O) groups excluding carboxylic acids is 1. The molecule has 1 heterocycles. The predicted molar refractivity (Wildman–Crippen MR) is 95.8 cm³/mol. The Bertz CT molecular complexity index is 1200. The van der Waals surface area contributed by atoms with Crippen LogP contribution in [0.4, 0.5) is 23.4 Å². The van der Waals surface area contributed by atoms with E-state index in [0.717, 1.165) is 36.4 Å². The number of nitrogens with one attached hydrogen (secondary N) is 2. The van der Waals surface area contributed by atoms with E-state index < -0.39 is 34.7 Å². The van der Waals surface area contributed by atoms with Crippen LogP contribution in [-0.2, 0) is 0 Å². The van der Waals surface area contributed by atoms with Crippen LogP contribution >= 0.6 is 0 Å². The Morgan fingerprint density at radius 3 is 2.39 bits per heavy atom. The second kappa shape index (κ2) is 6.80. The fraction of sp³-hybridized carbons (Fsp3) is 0. The minimum Gasteiger partial charge on any atom is -0.304 e. The maximum Gasteiger partial charge on any atom is 0.262 e. The number of anilines is 1. The molecule has 0 bridgehead atoms. The van der Waals surface area contributed by atoms with Gasteiger partial charge in [0, 0.05) is 10.9 Å². The number of rotatable bonds is 3. The smallest absolute Gasteiger partial charge is 0.262 e. The molecule has 4 nitrogen and oxygen atoms in total. The van der Waals surface area contributed by atoms with Gasteiger partial charge in [0.2, 0.25) is 0 Å². The number of benzene rings is 3. The minimum atomic E-state index is -0.999. The van der Waals surface area contributed by atoms with E-state index in [1.807, 2.05) is 0 Å². The van der Waals surface area contributed by atoms with Crippen LogP contribution in [0.25, 0.3) is 22.0 Å². The summed E-state index contributed by atoms with van der Waals surface area (Å²) in [5, 5.41) is 9.36. The molecule has 3 aromatic carbocycles. The summed E-state index contributed by atoms with van der Waals surface area (Å²) in [6, 6.07) is 10.8. The molecule has 1 aromatic heterocycles. The second-order valence-electron chi connectivity index (χ2n) is 6.01. The lowest BCUT2D eigenvalue weighted by Crippen LogP contribution is -2.16. The van der Waals surface area contributed by atoms with Crippen molar-refractivity contribution < 1.29 is 22.4 Å². The van der Waals surface area contributed by atoms with Gasteiger partial charge in [0.05, 0.1) is 5.52 Å². The Hall–Kier alpha value is -3.68. The Morgan fingerprint density at radius 1 is 0.893 bits per heavy atom. The molecule has 0 radical (unpaired) electrons. The lowest BCUT2D eigenvalue weighted by molar-refractivity contribution is 0.101. The highest BCUT2D eigenvalue weighted by Gasteiger charge is 2.19. The van der Waals surface area contributed by atoms with Crippen LogP contribution in [0.5, 0.6) is 0 Å². The number of hydrogen-bond donors (Lipinski definition) is 2. The van der Waals surface area contributed by atoms with Gasteiger partial charge in [-0.3, -0.25) is 9.89 Å². The average Bonchev–Trinajstić information content (AvgIpc) is 3.05. The number of aromatic nitrogens is 2. The number of hydrogen-bond acceptors (Lipinski definition) is 2. The fourth-order valence-electron chi connectivity index (χ4n) is 2.89. The molecule has 0 atom stereocenters. The highest BCUT2D eigenvalue weighted by atomic mass is 19.1.